The summed E-state index contributed by atoms with van der Waals surface area (Å²) >= 11 is 0. The van der Waals surface area contributed by atoms with Crippen molar-refractivity contribution in [3.63, 3.8) is 0 Å². The minimum Gasteiger partial charge on any atom is -0.396 e. The Morgan fingerprint density at radius 1 is 1.53 bits per heavy atom. The van der Waals surface area contributed by atoms with Crippen LogP contribution in [-0.2, 0) is 11.3 Å². The molecule has 0 atom stereocenters. The number of rotatable bonds is 4. The molecule has 1 heterocycles. The van der Waals surface area contributed by atoms with Gasteiger partial charge in [0.25, 0.3) is 0 Å². The molecular formula is C12H18F2N4O. The van der Waals surface area contributed by atoms with E-state index in [-0.39, 0.29) is 37.5 Å². The molecule has 0 unspecified atom stereocenters. The molecule has 7 heteroatoms. The molecule has 1 aliphatic carbocycles. The highest BCUT2D eigenvalue weighted by molar-refractivity contribution is 5.78. The summed E-state index contributed by atoms with van der Waals surface area (Å²) in [5, 5.41) is 6.74. The van der Waals surface area contributed by atoms with Gasteiger partial charge in [-0.2, -0.15) is 5.10 Å². The zero-order valence-electron chi connectivity index (χ0n) is 10.6. The van der Waals surface area contributed by atoms with Crippen LogP contribution in [0.3, 0.4) is 0 Å². The normalized spacial score (nSPS) is 19.3. The Hall–Kier alpha value is -1.66. The van der Waals surface area contributed by atoms with Gasteiger partial charge in [-0.1, -0.05) is 0 Å². The van der Waals surface area contributed by atoms with Crippen LogP contribution in [-0.4, -0.2) is 28.2 Å². The number of hydrogen-bond acceptors (Lipinski definition) is 3. The monoisotopic (exact) mass is 272 g/mol. The van der Waals surface area contributed by atoms with Gasteiger partial charge in [-0.25, -0.2) is 8.78 Å². The Bertz CT molecular complexity index is 437. The Morgan fingerprint density at radius 2 is 2.21 bits per heavy atom. The number of aromatic nitrogens is 2. The van der Waals surface area contributed by atoms with Crippen LogP contribution < -0.4 is 11.1 Å². The van der Waals surface area contributed by atoms with Crippen molar-refractivity contribution < 1.29 is 13.6 Å². The van der Waals surface area contributed by atoms with Crippen molar-refractivity contribution in [2.45, 2.75) is 38.2 Å². The van der Waals surface area contributed by atoms with E-state index in [0.29, 0.717) is 18.8 Å². The van der Waals surface area contributed by atoms with Crippen LogP contribution >= 0.6 is 0 Å². The van der Waals surface area contributed by atoms with Crippen molar-refractivity contribution in [1.29, 1.82) is 0 Å². The minimum absolute atomic E-state index is 0.143. The molecule has 1 amide bonds. The number of amides is 1. The molecule has 0 spiro atoms. The molecule has 0 aromatic carbocycles. The van der Waals surface area contributed by atoms with E-state index in [4.69, 9.17) is 5.73 Å². The average molecular weight is 272 g/mol. The number of nitrogens with two attached hydrogens (primary N) is 1. The van der Waals surface area contributed by atoms with Crippen LogP contribution in [0.15, 0.2) is 12.4 Å². The molecular weight excluding hydrogens is 254 g/mol. The van der Waals surface area contributed by atoms with Gasteiger partial charge in [0.05, 0.1) is 18.4 Å². The zero-order chi connectivity index (χ0) is 13.9. The lowest BCUT2D eigenvalue weighted by atomic mass is 9.86. The highest BCUT2D eigenvalue weighted by atomic mass is 19.3. The van der Waals surface area contributed by atoms with Gasteiger partial charge in [-0.3, -0.25) is 9.48 Å². The molecule has 5 nitrogen and oxygen atoms in total. The van der Waals surface area contributed by atoms with Gasteiger partial charge in [-0.05, 0) is 12.8 Å². The van der Waals surface area contributed by atoms with Gasteiger partial charge >= 0.3 is 0 Å². The lowest BCUT2D eigenvalue weighted by Crippen LogP contribution is -2.37. The molecule has 106 valence electrons. The van der Waals surface area contributed by atoms with E-state index in [2.05, 4.69) is 10.4 Å². The summed E-state index contributed by atoms with van der Waals surface area (Å²) in [5.74, 6) is -3.03. The van der Waals surface area contributed by atoms with Crippen molar-refractivity contribution in [2.24, 2.45) is 5.92 Å². The maximum absolute atomic E-state index is 13.0. The number of carbonyl (C=O) groups excluding carboxylic acids is 1. The fourth-order valence-electron chi connectivity index (χ4n) is 2.24. The first-order valence-electron chi connectivity index (χ1n) is 6.40. The first-order valence-corrected chi connectivity index (χ1v) is 6.40. The Kier molecular flexibility index (Phi) is 4.01. The molecule has 0 aliphatic heterocycles. The van der Waals surface area contributed by atoms with Crippen LogP contribution in [0.5, 0.6) is 0 Å². The number of alkyl halides is 2. The number of nitrogens with one attached hydrogen (secondary N) is 1. The predicted molar refractivity (Wildman–Crippen MR) is 66.6 cm³/mol. The van der Waals surface area contributed by atoms with E-state index in [0.717, 1.165) is 0 Å². The van der Waals surface area contributed by atoms with E-state index < -0.39 is 5.92 Å². The number of nitrogen functional groups attached to an aromatic ring is 1. The maximum atomic E-state index is 13.0. The highest BCUT2D eigenvalue weighted by Crippen LogP contribution is 2.36. The van der Waals surface area contributed by atoms with Crippen molar-refractivity contribution >= 4 is 11.6 Å². The standard InChI is InChI=1S/C12H18F2N4O/c13-12(14)3-1-9(2-4-12)11(19)16-5-6-18-8-10(15)7-17-18/h7-9H,1-6,15H2,(H,16,19). The van der Waals surface area contributed by atoms with Crippen LogP contribution in [0.25, 0.3) is 0 Å². The molecule has 1 aromatic heterocycles. The number of nitrogens with zero attached hydrogens (tertiary/aromatic N) is 2. The fourth-order valence-corrected chi connectivity index (χ4v) is 2.24. The summed E-state index contributed by atoms with van der Waals surface area (Å²) in [6.45, 7) is 0.943. The van der Waals surface area contributed by atoms with Gasteiger partial charge in [0.1, 0.15) is 0 Å². The van der Waals surface area contributed by atoms with Gasteiger partial charge in [-0.15, -0.1) is 0 Å². The summed E-state index contributed by atoms with van der Waals surface area (Å²) in [7, 11) is 0. The summed E-state index contributed by atoms with van der Waals surface area (Å²) in [6.07, 6.45) is 3.33. The Morgan fingerprint density at radius 3 is 2.79 bits per heavy atom. The van der Waals surface area contributed by atoms with E-state index in [1.165, 1.54) is 6.20 Å². The second kappa shape index (κ2) is 5.54. The molecule has 3 N–H and O–H groups in total. The predicted octanol–water partition coefficient (Wildman–Crippen LogP) is 1.41. The molecule has 1 fully saturated rings. The molecule has 0 bridgehead atoms. The lowest BCUT2D eigenvalue weighted by Gasteiger charge is -2.27. The maximum Gasteiger partial charge on any atom is 0.248 e. The molecule has 0 radical (unpaired) electrons. The Labute approximate surface area is 110 Å². The van der Waals surface area contributed by atoms with Gasteiger partial charge in [0.2, 0.25) is 11.8 Å². The van der Waals surface area contributed by atoms with Gasteiger partial charge < -0.3 is 11.1 Å². The molecule has 1 aromatic rings. The summed E-state index contributed by atoms with van der Waals surface area (Å²) in [5.41, 5.74) is 6.08. The number of anilines is 1. The summed E-state index contributed by atoms with van der Waals surface area (Å²) < 4.78 is 27.6. The van der Waals surface area contributed by atoms with E-state index in [1.807, 2.05) is 0 Å². The van der Waals surface area contributed by atoms with Gasteiger partial charge in [0.15, 0.2) is 0 Å². The van der Waals surface area contributed by atoms with Crippen LogP contribution in [0.1, 0.15) is 25.7 Å². The summed E-state index contributed by atoms with van der Waals surface area (Å²) in [4.78, 5) is 11.8. The zero-order valence-corrected chi connectivity index (χ0v) is 10.6. The van der Waals surface area contributed by atoms with Crippen molar-refractivity contribution in [3.05, 3.63) is 12.4 Å². The number of carbonyl (C=O) groups is 1. The summed E-state index contributed by atoms with van der Waals surface area (Å²) in [6, 6.07) is 0. The third kappa shape index (κ3) is 3.90. The van der Waals surface area contributed by atoms with Crippen molar-refractivity contribution in [1.82, 2.24) is 15.1 Å². The number of hydrogen-bond donors (Lipinski definition) is 2. The molecule has 1 saturated carbocycles. The van der Waals surface area contributed by atoms with Crippen LogP contribution in [0, 0.1) is 5.92 Å². The number of halogens is 2. The third-order valence-corrected chi connectivity index (χ3v) is 3.38. The highest BCUT2D eigenvalue weighted by Gasteiger charge is 2.37. The van der Waals surface area contributed by atoms with Crippen LogP contribution in [0.4, 0.5) is 14.5 Å². The minimum atomic E-state index is -2.59. The SMILES string of the molecule is Nc1cnn(CCNC(=O)C2CCC(F)(F)CC2)c1. The van der Waals surface area contributed by atoms with Gasteiger partial charge in [0, 0.05) is 31.5 Å². The smallest absolute Gasteiger partial charge is 0.248 e. The van der Waals surface area contributed by atoms with E-state index in [9.17, 15) is 13.6 Å². The second-order valence-electron chi connectivity index (χ2n) is 4.96. The van der Waals surface area contributed by atoms with Crippen molar-refractivity contribution in [3.8, 4) is 0 Å². The first-order chi connectivity index (χ1) is 8.96. The van der Waals surface area contributed by atoms with E-state index in [1.54, 1.807) is 10.9 Å². The van der Waals surface area contributed by atoms with Crippen molar-refractivity contribution in [2.75, 3.05) is 12.3 Å². The molecule has 0 saturated heterocycles. The average Bonchev–Trinajstić information content (AvgIpc) is 2.75. The third-order valence-electron chi connectivity index (χ3n) is 3.38. The molecule has 2 rings (SSSR count). The fraction of sp³-hybridized carbons (Fsp3) is 0.667. The molecule has 1 aliphatic rings. The van der Waals surface area contributed by atoms with E-state index >= 15 is 0 Å². The Balaban J connectivity index is 1.70. The van der Waals surface area contributed by atoms with Crippen LogP contribution in [0.2, 0.25) is 0 Å². The quantitative estimate of drug-likeness (QED) is 0.870. The first kappa shape index (κ1) is 13.8. The largest absolute Gasteiger partial charge is 0.396 e. The second-order valence-corrected chi connectivity index (χ2v) is 4.96. The molecule has 19 heavy (non-hydrogen) atoms. The topological polar surface area (TPSA) is 72.9 Å². The lowest BCUT2D eigenvalue weighted by molar-refractivity contribution is -0.129.